The number of hydrogen-bond acceptors (Lipinski definition) is 8. The van der Waals surface area contributed by atoms with Crippen LogP contribution in [-0.2, 0) is 32.7 Å². The summed E-state index contributed by atoms with van der Waals surface area (Å²) in [6, 6.07) is 0. The highest BCUT2D eigenvalue weighted by molar-refractivity contribution is 7.47. The fourth-order valence-electron chi connectivity index (χ4n) is 6.78. The van der Waals surface area contributed by atoms with E-state index in [1.54, 1.807) is 0 Å². The zero-order valence-electron chi connectivity index (χ0n) is 37.1. The van der Waals surface area contributed by atoms with Gasteiger partial charge in [-0.15, -0.1) is 0 Å². The molecule has 0 heterocycles. The smallest absolute Gasteiger partial charge is 0.462 e. The molecule has 3 N–H and O–H groups in total. The van der Waals surface area contributed by atoms with Crippen molar-refractivity contribution in [2.45, 2.75) is 238 Å². The molecule has 336 valence electrons. The van der Waals surface area contributed by atoms with E-state index in [9.17, 15) is 19.0 Å². The number of carbonyl (C=O) groups excluding carboxylic acids is 2. The number of carbonyl (C=O) groups is 2. The number of allylic oxidation sites excluding steroid dienone is 4. The zero-order chi connectivity index (χ0) is 41.8. The van der Waals surface area contributed by atoms with Crippen molar-refractivity contribution in [2.75, 3.05) is 26.4 Å². The van der Waals surface area contributed by atoms with E-state index in [0.29, 0.717) is 6.42 Å². The highest BCUT2D eigenvalue weighted by Crippen LogP contribution is 2.43. The molecule has 0 aliphatic rings. The summed E-state index contributed by atoms with van der Waals surface area (Å²) in [5.41, 5.74) is 5.36. The number of ether oxygens (including phenoxy) is 2. The van der Waals surface area contributed by atoms with Crippen LogP contribution in [0, 0.1) is 0 Å². The number of hydrogen-bond donors (Lipinski definition) is 2. The minimum atomic E-state index is -4.38. The molecule has 0 fully saturated rings. The fourth-order valence-corrected chi connectivity index (χ4v) is 7.55. The van der Waals surface area contributed by atoms with Crippen molar-refractivity contribution in [2.24, 2.45) is 5.73 Å². The molecule has 1 unspecified atom stereocenters. The summed E-state index contributed by atoms with van der Waals surface area (Å²) in [5.74, 6) is -0.826. The Bertz CT molecular complexity index is 990. The predicted molar refractivity (Wildman–Crippen MR) is 238 cm³/mol. The Labute approximate surface area is 351 Å². The second-order valence-electron chi connectivity index (χ2n) is 16.0. The van der Waals surface area contributed by atoms with Crippen molar-refractivity contribution >= 4 is 19.8 Å². The van der Waals surface area contributed by atoms with Crippen molar-refractivity contribution in [1.82, 2.24) is 0 Å². The number of phosphoric acid groups is 1. The molecule has 0 saturated carbocycles. The average molecular weight is 828 g/mol. The lowest BCUT2D eigenvalue weighted by molar-refractivity contribution is -0.161. The molecule has 0 aliphatic carbocycles. The van der Waals surface area contributed by atoms with Crippen LogP contribution in [-0.4, -0.2) is 49.3 Å². The Morgan fingerprint density at radius 2 is 0.912 bits per heavy atom. The van der Waals surface area contributed by atoms with Crippen molar-refractivity contribution in [3.8, 4) is 0 Å². The highest BCUT2D eigenvalue weighted by atomic mass is 31.2. The van der Waals surface area contributed by atoms with Gasteiger partial charge in [0.2, 0.25) is 0 Å². The van der Waals surface area contributed by atoms with Gasteiger partial charge in [-0.25, -0.2) is 4.57 Å². The molecule has 2 atom stereocenters. The third-order valence-corrected chi connectivity index (χ3v) is 11.3. The lowest BCUT2D eigenvalue weighted by Crippen LogP contribution is -2.29. The standard InChI is InChI=1S/C47H90NO8P/c1-3-5-7-9-11-13-15-17-19-21-22-24-26-28-30-32-34-36-38-40-47(50)56-45(44-55-57(51,52)54-42-41-48)43-53-46(49)39-37-35-33-31-29-27-25-23-20-18-16-14-12-10-8-6-4-2/h12,14,18,20,45H,3-11,13,15-17,19,21-44,48H2,1-2H3,(H,51,52)/t45-/m1/s1. The Morgan fingerprint density at radius 3 is 1.37 bits per heavy atom. The van der Waals surface area contributed by atoms with Gasteiger partial charge < -0.3 is 20.1 Å². The van der Waals surface area contributed by atoms with Crippen LogP contribution in [0.4, 0.5) is 0 Å². The van der Waals surface area contributed by atoms with Crippen molar-refractivity contribution in [3.05, 3.63) is 24.3 Å². The van der Waals surface area contributed by atoms with Crippen LogP contribution in [0.1, 0.15) is 232 Å². The molecule has 9 nitrogen and oxygen atoms in total. The largest absolute Gasteiger partial charge is 0.472 e. The van der Waals surface area contributed by atoms with E-state index in [2.05, 4.69) is 38.2 Å². The van der Waals surface area contributed by atoms with E-state index >= 15 is 0 Å². The van der Waals surface area contributed by atoms with E-state index < -0.39 is 26.5 Å². The molecule has 0 aliphatic heterocycles. The summed E-state index contributed by atoms with van der Waals surface area (Å²) >= 11 is 0. The maximum atomic E-state index is 12.6. The van der Waals surface area contributed by atoms with Crippen LogP contribution >= 0.6 is 7.82 Å². The number of unbranched alkanes of at least 4 members (excludes halogenated alkanes) is 28. The Kier molecular flexibility index (Phi) is 42.9. The topological polar surface area (TPSA) is 134 Å². The van der Waals surface area contributed by atoms with Gasteiger partial charge >= 0.3 is 19.8 Å². The van der Waals surface area contributed by atoms with Gasteiger partial charge in [-0.1, -0.05) is 199 Å². The molecular weight excluding hydrogens is 737 g/mol. The van der Waals surface area contributed by atoms with E-state index in [1.165, 1.54) is 148 Å². The first-order valence-corrected chi connectivity index (χ1v) is 25.3. The van der Waals surface area contributed by atoms with Gasteiger partial charge in [-0.05, 0) is 44.9 Å². The minimum absolute atomic E-state index is 0.0541. The lowest BCUT2D eigenvalue weighted by Gasteiger charge is -2.19. The van der Waals surface area contributed by atoms with Crippen LogP contribution in [0.5, 0.6) is 0 Å². The number of rotatable bonds is 45. The molecule has 0 saturated heterocycles. The van der Waals surface area contributed by atoms with Crippen LogP contribution < -0.4 is 5.73 Å². The number of esters is 2. The highest BCUT2D eigenvalue weighted by Gasteiger charge is 2.26. The molecule has 10 heteroatoms. The number of nitrogens with two attached hydrogens (primary N) is 1. The maximum absolute atomic E-state index is 12.6. The lowest BCUT2D eigenvalue weighted by atomic mass is 10.0. The van der Waals surface area contributed by atoms with E-state index in [-0.39, 0.29) is 38.6 Å². The Morgan fingerprint density at radius 1 is 0.526 bits per heavy atom. The molecule has 0 radical (unpaired) electrons. The van der Waals surface area contributed by atoms with E-state index in [0.717, 1.165) is 51.4 Å². The van der Waals surface area contributed by atoms with Gasteiger partial charge in [0.1, 0.15) is 6.61 Å². The second-order valence-corrected chi connectivity index (χ2v) is 17.4. The number of phosphoric ester groups is 1. The Hall–Kier alpha value is -1.51. The third-order valence-electron chi connectivity index (χ3n) is 10.3. The molecule has 0 aromatic carbocycles. The predicted octanol–water partition coefficient (Wildman–Crippen LogP) is 13.9. The molecule has 0 aromatic rings. The first-order chi connectivity index (χ1) is 27.8. The first-order valence-electron chi connectivity index (χ1n) is 23.8. The summed E-state index contributed by atoms with van der Waals surface area (Å²) in [6.07, 6.45) is 47.8. The molecule has 0 bridgehead atoms. The van der Waals surface area contributed by atoms with E-state index in [1.807, 2.05) is 0 Å². The summed E-state index contributed by atoms with van der Waals surface area (Å²) < 4.78 is 32.9. The van der Waals surface area contributed by atoms with Gasteiger partial charge in [0.25, 0.3) is 0 Å². The minimum Gasteiger partial charge on any atom is -0.462 e. The van der Waals surface area contributed by atoms with Crippen LogP contribution in [0.2, 0.25) is 0 Å². The molecule has 0 aromatic heterocycles. The average Bonchev–Trinajstić information content (AvgIpc) is 3.20. The molecule has 57 heavy (non-hydrogen) atoms. The SMILES string of the molecule is CCCCCC=CCC=CCCCCCCCCCC(=O)OC[C@H](COP(=O)(O)OCCN)OC(=O)CCCCCCCCCCCCCCCCCCCCC. The second kappa shape index (κ2) is 44.1. The monoisotopic (exact) mass is 828 g/mol. The van der Waals surface area contributed by atoms with E-state index in [4.69, 9.17) is 24.3 Å². The first kappa shape index (κ1) is 55.5. The van der Waals surface area contributed by atoms with Gasteiger partial charge in [-0.3, -0.25) is 18.6 Å². The van der Waals surface area contributed by atoms with Gasteiger partial charge in [-0.2, -0.15) is 0 Å². The van der Waals surface area contributed by atoms with Gasteiger partial charge in [0.05, 0.1) is 13.2 Å². The van der Waals surface area contributed by atoms with Crippen LogP contribution in [0.25, 0.3) is 0 Å². The third kappa shape index (κ3) is 43.9. The quantitative estimate of drug-likeness (QED) is 0.0266. The molecule has 0 spiro atoms. The summed E-state index contributed by atoms with van der Waals surface area (Å²) in [5, 5.41) is 0. The molecule has 0 rings (SSSR count). The maximum Gasteiger partial charge on any atom is 0.472 e. The Balaban J connectivity index is 4.07. The fraction of sp³-hybridized carbons (Fsp3) is 0.872. The van der Waals surface area contributed by atoms with Gasteiger partial charge in [0, 0.05) is 19.4 Å². The molecule has 0 amide bonds. The van der Waals surface area contributed by atoms with Crippen molar-refractivity contribution in [3.63, 3.8) is 0 Å². The van der Waals surface area contributed by atoms with Crippen molar-refractivity contribution in [1.29, 1.82) is 0 Å². The van der Waals surface area contributed by atoms with Crippen LogP contribution in [0.15, 0.2) is 24.3 Å². The van der Waals surface area contributed by atoms with Crippen LogP contribution in [0.3, 0.4) is 0 Å². The summed E-state index contributed by atoms with van der Waals surface area (Å²) in [7, 11) is -4.38. The zero-order valence-corrected chi connectivity index (χ0v) is 38.0. The summed E-state index contributed by atoms with van der Waals surface area (Å²) in [4.78, 5) is 35.0. The normalized spacial score (nSPS) is 13.4. The van der Waals surface area contributed by atoms with Gasteiger partial charge in [0.15, 0.2) is 6.10 Å². The summed E-state index contributed by atoms with van der Waals surface area (Å²) in [6.45, 7) is 3.74. The van der Waals surface area contributed by atoms with Crippen molar-refractivity contribution < 1.29 is 37.6 Å². The molecular formula is C47H90NO8P.